The number of carbonyl (C=O) groups excluding carboxylic acids is 1. The van der Waals surface area contributed by atoms with Crippen LogP contribution >= 0.6 is 0 Å². The van der Waals surface area contributed by atoms with E-state index in [1.807, 2.05) is 0 Å². The van der Waals surface area contributed by atoms with Crippen LogP contribution in [0.3, 0.4) is 0 Å². The Morgan fingerprint density at radius 2 is 2.17 bits per heavy atom. The summed E-state index contributed by atoms with van der Waals surface area (Å²) in [6.45, 7) is 0.838. The highest BCUT2D eigenvalue weighted by Crippen LogP contribution is 2.15. The van der Waals surface area contributed by atoms with Gasteiger partial charge < -0.3 is 9.64 Å². The normalized spacial score (nSPS) is 17.5. The third kappa shape index (κ3) is 3.92. The molecule has 0 radical (unpaired) electrons. The molecule has 1 saturated heterocycles. The van der Waals surface area contributed by atoms with Crippen LogP contribution in [0, 0.1) is 5.82 Å². The molecule has 1 aliphatic heterocycles. The van der Waals surface area contributed by atoms with E-state index in [4.69, 9.17) is 4.74 Å². The summed E-state index contributed by atoms with van der Waals surface area (Å²) in [5.74, 6) is -0.743. The Balaban J connectivity index is 1.60. The molecule has 8 nitrogen and oxygen atoms in total. The minimum Gasteiger partial charge on any atom is -0.458 e. The van der Waals surface area contributed by atoms with Gasteiger partial charge in [0.05, 0.1) is 18.9 Å². The van der Waals surface area contributed by atoms with Gasteiger partial charge in [-0.3, -0.25) is 9.59 Å². The SMILES string of the molecule is O=C(Cn1ncccc1=O)N1CCCC(Oc2ncc(F)cn2)C1. The number of ether oxygens (including phenoxy) is 1. The third-order valence-corrected chi connectivity index (χ3v) is 3.67. The van der Waals surface area contributed by atoms with Gasteiger partial charge in [-0.05, 0) is 18.9 Å². The molecule has 1 atom stereocenters. The van der Waals surface area contributed by atoms with E-state index >= 15 is 0 Å². The standard InChI is InChI=1S/C15H16FN5O3/c16-11-7-17-15(18-8-11)24-12-3-2-6-20(9-12)14(23)10-21-13(22)4-1-5-19-21/h1,4-5,7-8,12H,2-3,6,9-10H2. The number of halogens is 1. The van der Waals surface area contributed by atoms with Crippen molar-refractivity contribution in [2.45, 2.75) is 25.5 Å². The molecule has 3 rings (SSSR count). The summed E-state index contributed by atoms with van der Waals surface area (Å²) in [4.78, 5) is 33.1. The Bertz CT molecular complexity index is 764. The Kier molecular flexibility index (Phi) is 4.78. The van der Waals surface area contributed by atoms with Crippen LogP contribution in [0.1, 0.15) is 12.8 Å². The fourth-order valence-corrected chi connectivity index (χ4v) is 2.51. The number of aromatic nitrogens is 4. The maximum absolute atomic E-state index is 12.8. The monoisotopic (exact) mass is 333 g/mol. The molecule has 0 aromatic carbocycles. The van der Waals surface area contributed by atoms with Crippen molar-refractivity contribution in [3.05, 3.63) is 46.9 Å². The van der Waals surface area contributed by atoms with Crippen LogP contribution in [-0.4, -0.2) is 49.7 Å². The number of rotatable bonds is 4. The van der Waals surface area contributed by atoms with E-state index in [1.165, 1.54) is 18.3 Å². The Hall–Kier alpha value is -2.84. The molecule has 2 aromatic heterocycles. The average molecular weight is 333 g/mol. The van der Waals surface area contributed by atoms with E-state index in [0.717, 1.165) is 29.9 Å². The van der Waals surface area contributed by atoms with E-state index in [1.54, 1.807) is 4.90 Å². The molecule has 1 fully saturated rings. The molecule has 24 heavy (non-hydrogen) atoms. The molecule has 0 aliphatic carbocycles. The van der Waals surface area contributed by atoms with Gasteiger partial charge in [0, 0.05) is 18.8 Å². The maximum Gasteiger partial charge on any atom is 0.316 e. The number of hydrogen-bond acceptors (Lipinski definition) is 6. The summed E-state index contributed by atoms with van der Waals surface area (Å²) in [5, 5.41) is 3.88. The zero-order chi connectivity index (χ0) is 16.9. The number of amides is 1. The van der Waals surface area contributed by atoms with E-state index in [2.05, 4.69) is 15.1 Å². The highest BCUT2D eigenvalue weighted by molar-refractivity contribution is 5.76. The van der Waals surface area contributed by atoms with E-state index in [9.17, 15) is 14.0 Å². The largest absolute Gasteiger partial charge is 0.458 e. The Morgan fingerprint density at radius 3 is 2.92 bits per heavy atom. The number of carbonyl (C=O) groups is 1. The zero-order valence-electron chi connectivity index (χ0n) is 12.8. The van der Waals surface area contributed by atoms with E-state index < -0.39 is 5.82 Å². The number of piperidine rings is 1. The van der Waals surface area contributed by atoms with Crippen molar-refractivity contribution in [1.82, 2.24) is 24.6 Å². The van der Waals surface area contributed by atoms with Gasteiger partial charge in [0.2, 0.25) is 5.91 Å². The second-order valence-electron chi connectivity index (χ2n) is 5.43. The summed E-state index contributed by atoms with van der Waals surface area (Å²) >= 11 is 0. The first-order chi connectivity index (χ1) is 11.6. The smallest absolute Gasteiger partial charge is 0.316 e. The fourth-order valence-electron chi connectivity index (χ4n) is 2.51. The van der Waals surface area contributed by atoms with Crippen molar-refractivity contribution in [3.63, 3.8) is 0 Å². The summed E-state index contributed by atoms with van der Waals surface area (Å²) < 4.78 is 19.5. The lowest BCUT2D eigenvalue weighted by molar-refractivity contribution is -0.134. The summed E-state index contributed by atoms with van der Waals surface area (Å²) in [6, 6.07) is 2.96. The zero-order valence-corrected chi connectivity index (χ0v) is 12.8. The molecule has 0 spiro atoms. The average Bonchev–Trinajstić information content (AvgIpc) is 2.59. The van der Waals surface area contributed by atoms with Gasteiger partial charge in [-0.25, -0.2) is 19.0 Å². The summed E-state index contributed by atoms with van der Waals surface area (Å²) in [7, 11) is 0. The highest BCUT2D eigenvalue weighted by Gasteiger charge is 2.26. The van der Waals surface area contributed by atoms with E-state index in [-0.39, 0.29) is 30.1 Å². The van der Waals surface area contributed by atoms with Crippen molar-refractivity contribution in [1.29, 1.82) is 0 Å². The van der Waals surface area contributed by atoms with Gasteiger partial charge in [-0.1, -0.05) is 0 Å². The Labute approximate surface area is 136 Å². The molecule has 126 valence electrons. The van der Waals surface area contributed by atoms with Crippen LogP contribution in [0.4, 0.5) is 4.39 Å². The molecule has 9 heteroatoms. The molecular weight excluding hydrogens is 317 g/mol. The van der Waals surface area contributed by atoms with Gasteiger partial charge in [-0.15, -0.1) is 0 Å². The molecular formula is C15H16FN5O3. The predicted molar refractivity (Wildman–Crippen MR) is 80.7 cm³/mol. The molecule has 0 N–H and O–H groups in total. The second-order valence-corrected chi connectivity index (χ2v) is 5.43. The Morgan fingerprint density at radius 1 is 1.38 bits per heavy atom. The number of hydrogen-bond donors (Lipinski definition) is 0. The van der Waals surface area contributed by atoms with Gasteiger partial charge >= 0.3 is 6.01 Å². The molecule has 0 saturated carbocycles. The minimum absolute atomic E-state index is 0.0802. The first-order valence-electron chi connectivity index (χ1n) is 7.56. The first kappa shape index (κ1) is 16.0. The molecule has 1 amide bonds. The molecule has 1 aliphatic rings. The van der Waals surface area contributed by atoms with Crippen LogP contribution in [0.2, 0.25) is 0 Å². The van der Waals surface area contributed by atoms with Crippen LogP contribution in [0.25, 0.3) is 0 Å². The predicted octanol–water partition coefficient (Wildman–Crippen LogP) is 0.242. The second kappa shape index (κ2) is 7.16. The highest BCUT2D eigenvalue weighted by atomic mass is 19.1. The van der Waals surface area contributed by atoms with Crippen molar-refractivity contribution < 1.29 is 13.9 Å². The maximum atomic E-state index is 12.8. The molecule has 0 bridgehead atoms. The first-order valence-corrected chi connectivity index (χ1v) is 7.56. The quantitative estimate of drug-likeness (QED) is 0.796. The lowest BCUT2D eigenvalue weighted by Crippen LogP contribution is -2.46. The summed E-state index contributed by atoms with van der Waals surface area (Å²) in [5.41, 5.74) is -0.324. The summed E-state index contributed by atoms with van der Waals surface area (Å²) in [6.07, 6.45) is 4.75. The van der Waals surface area contributed by atoms with Crippen LogP contribution in [0.15, 0.2) is 35.5 Å². The van der Waals surface area contributed by atoms with Crippen molar-refractivity contribution in [2.24, 2.45) is 0 Å². The van der Waals surface area contributed by atoms with Gasteiger partial charge in [0.1, 0.15) is 12.6 Å². The third-order valence-electron chi connectivity index (χ3n) is 3.67. The molecule has 2 aromatic rings. The topological polar surface area (TPSA) is 90.2 Å². The number of nitrogens with zero attached hydrogens (tertiary/aromatic N) is 5. The lowest BCUT2D eigenvalue weighted by atomic mass is 10.1. The van der Waals surface area contributed by atoms with Crippen LogP contribution < -0.4 is 10.3 Å². The minimum atomic E-state index is -0.538. The van der Waals surface area contributed by atoms with Gasteiger partial charge in [-0.2, -0.15) is 5.10 Å². The fraction of sp³-hybridized carbons (Fsp3) is 0.400. The molecule has 1 unspecified atom stereocenters. The van der Waals surface area contributed by atoms with Crippen molar-refractivity contribution in [2.75, 3.05) is 13.1 Å². The van der Waals surface area contributed by atoms with Gasteiger partial charge in [0.15, 0.2) is 5.82 Å². The van der Waals surface area contributed by atoms with Crippen LogP contribution in [0.5, 0.6) is 6.01 Å². The van der Waals surface area contributed by atoms with E-state index in [0.29, 0.717) is 13.1 Å². The van der Waals surface area contributed by atoms with Crippen molar-refractivity contribution >= 4 is 5.91 Å². The lowest BCUT2D eigenvalue weighted by Gasteiger charge is -2.32. The number of likely N-dealkylation sites (tertiary alicyclic amines) is 1. The van der Waals surface area contributed by atoms with Crippen molar-refractivity contribution in [3.8, 4) is 6.01 Å². The van der Waals surface area contributed by atoms with Crippen LogP contribution in [-0.2, 0) is 11.3 Å². The van der Waals surface area contributed by atoms with Gasteiger partial charge in [0.25, 0.3) is 5.56 Å². The molecule has 3 heterocycles.